The van der Waals surface area contributed by atoms with Gasteiger partial charge in [0, 0.05) is 19.8 Å². The zero-order valence-electron chi connectivity index (χ0n) is 10.3. The molecule has 17 heavy (non-hydrogen) atoms. The highest BCUT2D eigenvalue weighted by molar-refractivity contribution is 5.22. The lowest BCUT2D eigenvalue weighted by Crippen LogP contribution is -2.34. The van der Waals surface area contributed by atoms with Gasteiger partial charge in [-0.3, -0.25) is 14.3 Å². The van der Waals surface area contributed by atoms with Gasteiger partial charge in [-0.25, -0.2) is 4.79 Å². The van der Waals surface area contributed by atoms with Gasteiger partial charge in [-0.05, 0) is 19.8 Å². The summed E-state index contributed by atoms with van der Waals surface area (Å²) in [5.74, 6) is -0.246. The fourth-order valence-corrected chi connectivity index (χ4v) is 1.72. The van der Waals surface area contributed by atoms with E-state index in [-0.39, 0.29) is 17.5 Å². The summed E-state index contributed by atoms with van der Waals surface area (Å²) in [5, 5.41) is 9.92. The quantitative estimate of drug-likeness (QED) is 0.782. The first kappa shape index (κ1) is 13.5. The lowest BCUT2D eigenvalue weighted by molar-refractivity contribution is 0.177. The van der Waals surface area contributed by atoms with Crippen LogP contribution in [0.3, 0.4) is 0 Å². The van der Waals surface area contributed by atoms with Gasteiger partial charge >= 0.3 is 5.69 Å². The van der Waals surface area contributed by atoms with Crippen LogP contribution >= 0.6 is 0 Å². The van der Waals surface area contributed by atoms with Crippen LogP contribution in [0.15, 0.2) is 9.59 Å². The van der Waals surface area contributed by atoms with Gasteiger partial charge < -0.3 is 9.84 Å². The molecule has 1 aromatic rings. The minimum Gasteiger partial charge on any atom is -0.494 e. The zero-order chi connectivity index (χ0) is 13.0. The van der Waals surface area contributed by atoms with Crippen molar-refractivity contribution in [1.82, 2.24) is 9.55 Å². The summed E-state index contributed by atoms with van der Waals surface area (Å²) < 4.78 is 6.12. The van der Waals surface area contributed by atoms with Crippen LogP contribution < -0.4 is 11.2 Å². The van der Waals surface area contributed by atoms with Crippen molar-refractivity contribution in [3.05, 3.63) is 26.4 Å². The molecule has 1 aromatic heterocycles. The van der Waals surface area contributed by atoms with E-state index in [1.54, 1.807) is 21.0 Å². The first-order chi connectivity index (χ1) is 8.02. The van der Waals surface area contributed by atoms with Crippen molar-refractivity contribution < 1.29 is 9.84 Å². The maximum absolute atomic E-state index is 11.6. The highest BCUT2D eigenvalue weighted by Gasteiger charge is 2.16. The van der Waals surface area contributed by atoms with E-state index in [0.717, 1.165) is 0 Å². The van der Waals surface area contributed by atoms with Crippen LogP contribution in [-0.2, 0) is 11.2 Å². The lowest BCUT2D eigenvalue weighted by atomic mass is 10.2. The van der Waals surface area contributed by atoms with Gasteiger partial charge in [-0.15, -0.1) is 0 Å². The molecule has 1 rings (SSSR count). The minimum atomic E-state index is -0.590. The smallest absolute Gasteiger partial charge is 0.331 e. The molecule has 0 aliphatic rings. The Hall–Kier alpha value is -1.56. The van der Waals surface area contributed by atoms with E-state index in [1.165, 1.54) is 4.57 Å². The topological polar surface area (TPSA) is 84.3 Å². The molecule has 0 saturated carbocycles. The molecule has 0 saturated heterocycles. The standard InChI is InChI=1S/C11H18N2O4/c1-4-8-9(14)12-11(16)13(10(8)15)7(2)5-6-17-3/h7,15H,4-6H2,1-3H3,(H,12,14,16). The predicted octanol–water partition coefficient (Wildman–Crippen LogP) is 0.402. The van der Waals surface area contributed by atoms with Crippen LogP contribution in [0.2, 0.25) is 0 Å². The van der Waals surface area contributed by atoms with E-state index >= 15 is 0 Å². The Morgan fingerprint density at radius 1 is 1.47 bits per heavy atom. The highest BCUT2D eigenvalue weighted by Crippen LogP contribution is 2.18. The monoisotopic (exact) mass is 242 g/mol. The summed E-state index contributed by atoms with van der Waals surface area (Å²) in [6, 6.07) is -0.232. The van der Waals surface area contributed by atoms with Gasteiger partial charge in [-0.1, -0.05) is 6.92 Å². The summed E-state index contributed by atoms with van der Waals surface area (Å²) in [6.07, 6.45) is 0.956. The molecule has 1 unspecified atom stereocenters. The SMILES string of the molecule is CCc1c(O)n(C(C)CCOC)c(=O)[nH]c1=O. The molecule has 1 heterocycles. The third-order valence-corrected chi connectivity index (χ3v) is 2.75. The van der Waals surface area contributed by atoms with Crippen LogP contribution in [0.4, 0.5) is 0 Å². The van der Waals surface area contributed by atoms with E-state index in [0.29, 0.717) is 19.4 Å². The van der Waals surface area contributed by atoms with E-state index in [4.69, 9.17) is 4.74 Å². The second kappa shape index (κ2) is 5.67. The summed E-state index contributed by atoms with van der Waals surface area (Å²) in [7, 11) is 1.57. The molecule has 0 aliphatic carbocycles. The number of nitrogens with zero attached hydrogens (tertiary/aromatic N) is 1. The molecule has 6 heteroatoms. The number of H-pyrrole nitrogens is 1. The van der Waals surface area contributed by atoms with Gasteiger partial charge in [0.05, 0.1) is 5.56 Å². The minimum absolute atomic E-state index is 0.230. The van der Waals surface area contributed by atoms with Crippen molar-refractivity contribution in [3.63, 3.8) is 0 Å². The van der Waals surface area contributed by atoms with Crippen molar-refractivity contribution in [2.45, 2.75) is 32.7 Å². The number of methoxy groups -OCH3 is 1. The number of hydrogen-bond donors (Lipinski definition) is 2. The summed E-state index contributed by atoms with van der Waals surface area (Å²) in [5.41, 5.74) is -0.882. The molecule has 0 aromatic carbocycles. The molecule has 0 bridgehead atoms. The molecular weight excluding hydrogens is 224 g/mol. The van der Waals surface area contributed by atoms with Crippen LogP contribution in [0.25, 0.3) is 0 Å². The van der Waals surface area contributed by atoms with Crippen molar-refractivity contribution >= 4 is 0 Å². The van der Waals surface area contributed by atoms with Crippen LogP contribution in [-0.4, -0.2) is 28.4 Å². The number of nitrogens with one attached hydrogen (secondary N) is 1. The Morgan fingerprint density at radius 3 is 2.65 bits per heavy atom. The van der Waals surface area contributed by atoms with Crippen LogP contribution in [0.5, 0.6) is 5.88 Å². The molecule has 0 amide bonds. The summed E-state index contributed by atoms with van der Waals surface area (Å²) >= 11 is 0. The maximum atomic E-state index is 11.6. The van der Waals surface area contributed by atoms with Crippen LogP contribution in [0.1, 0.15) is 31.9 Å². The molecule has 0 aliphatic heterocycles. The molecular formula is C11H18N2O4. The van der Waals surface area contributed by atoms with Gasteiger partial charge in [0.1, 0.15) is 0 Å². The zero-order valence-corrected chi connectivity index (χ0v) is 10.3. The molecule has 2 N–H and O–H groups in total. The highest BCUT2D eigenvalue weighted by atomic mass is 16.5. The number of hydrogen-bond acceptors (Lipinski definition) is 4. The Balaban J connectivity index is 3.24. The Morgan fingerprint density at radius 2 is 2.12 bits per heavy atom. The molecule has 0 radical (unpaired) electrons. The molecule has 0 spiro atoms. The van der Waals surface area contributed by atoms with E-state index < -0.39 is 11.2 Å². The third-order valence-electron chi connectivity index (χ3n) is 2.75. The lowest BCUT2D eigenvalue weighted by Gasteiger charge is -2.17. The Labute approximate surface area is 98.9 Å². The summed E-state index contributed by atoms with van der Waals surface area (Å²) in [6.45, 7) is 4.02. The molecule has 0 fully saturated rings. The fraction of sp³-hybridized carbons (Fsp3) is 0.636. The number of aromatic nitrogens is 2. The second-order valence-electron chi connectivity index (χ2n) is 3.92. The molecule has 96 valence electrons. The van der Waals surface area contributed by atoms with Crippen LogP contribution in [0, 0.1) is 0 Å². The fourth-order valence-electron chi connectivity index (χ4n) is 1.72. The predicted molar refractivity (Wildman–Crippen MR) is 63.6 cm³/mol. The first-order valence-corrected chi connectivity index (χ1v) is 5.58. The average Bonchev–Trinajstić information content (AvgIpc) is 2.26. The molecule has 1 atom stereocenters. The first-order valence-electron chi connectivity index (χ1n) is 5.58. The summed E-state index contributed by atoms with van der Waals surface area (Å²) in [4.78, 5) is 25.3. The number of aromatic amines is 1. The van der Waals surface area contributed by atoms with Gasteiger partial charge in [0.25, 0.3) is 5.56 Å². The van der Waals surface area contributed by atoms with E-state index in [1.807, 2.05) is 0 Å². The Kier molecular flexibility index (Phi) is 4.51. The second-order valence-corrected chi connectivity index (χ2v) is 3.92. The van der Waals surface area contributed by atoms with E-state index in [2.05, 4.69) is 4.98 Å². The van der Waals surface area contributed by atoms with Gasteiger partial charge in [-0.2, -0.15) is 0 Å². The number of rotatable bonds is 5. The van der Waals surface area contributed by atoms with Crippen molar-refractivity contribution in [2.75, 3.05) is 13.7 Å². The molecule has 6 nitrogen and oxygen atoms in total. The largest absolute Gasteiger partial charge is 0.494 e. The number of ether oxygens (including phenoxy) is 1. The van der Waals surface area contributed by atoms with E-state index in [9.17, 15) is 14.7 Å². The maximum Gasteiger partial charge on any atom is 0.331 e. The van der Waals surface area contributed by atoms with Crippen molar-refractivity contribution in [3.8, 4) is 5.88 Å². The van der Waals surface area contributed by atoms with Gasteiger partial charge in [0.2, 0.25) is 5.88 Å². The average molecular weight is 242 g/mol. The normalized spacial score (nSPS) is 12.6. The Bertz CT molecular complexity index is 489. The number of aromatic hydroxyl groups is 1. The van der Waals surface area contributed by atoms with Crippen molar-refractivity contribution in [2.24, 2.45) is 0 Å². The van der Waals surface area contributed by atoms with Gasteiger partial charge in [0.15, 0.2) is 0 Å². The van der Waals surface area contributed by atoms with Crippen molar-refractivity contribution in [1.29, 1.82) is 0 Å². The third kappa shape index (κ3) is 2.76.